The highest BCUT2D eigenvalue weighted by molar-refractivity contribution is 6.10. The smallest absolute Gasteiger partial charge is 0.186 e. The first-order valence-electron chi connectivity index (χ1n) is 8.68. The van der Waals surface area contributed by atoms with Gasteiger partial charge in [0, 0.05) is 25.3 Å². The van der Waals surface area contributed by atoms with E-state index in [2.05, 4.69) is 6.07 Å². The van der Waals surface area contributed by atoms with E-state index in [1.807, 2.05) is 85.7 Å². The molecule has 0 aliphatic carbocycles. The molecule has 0 saturated heterocycles. The van der Waals surface area contributed by atoms with E-state index in [1.54, 1.807) is 18.2 Å². The van der Waals surface area contributed by atoms with E-state index >= 15 is 0 Å². The third kappa shape index (κ3) is 4.31. The first-order valence-corrected chi connectivity index (χ1v) is 8.68. The summed E-state index contributed by atoms with van der Waals surface area (Å²) in [5, 5.41) is 8.95. The van der Waals surface area contributed by atoms with Gasteiger partial charge in [0.2, 0.25) is 0 Å². The molecule has 0 unspecified atom stereocenters. The van der Waals surface area contributed by atoms with Crippen LogP contribution >= 0.6 is 0 Å². The Kier molecular flexibility index (Phi) is 5.49. The van der Waals surface area contributed by atoms with Gasteiger partial charge in [-0.2, -0.15) is 5.26 Å². The second-order valence-corrected chi connectivity index (χ2v) is 6.42. The highest BCUT2D eigenvalue weighted by atomic mass is 16.1. The average molecular weight is 352 g/mol. The topological polar surface area (TPSA) is 44.1 Å². The molecule has 0 heterocycles. The summed E-state index contributed by atoms with van der Waals surface area (Å²) in [6.07, 6.45) is 3.44. The lowest BCUT2D eigenvalue weighted by atomic mass is 9.96. The lowest BCUT2D eigenvalue weighted by Crippen LogP contribution is -2.07. The average Bonchev–Trinajstić information content (AvgIpc) is 2.72. The van der Waals surface area contributed by atoms with Crippen molar-refractivity contribution in [1.82, 2.24) is 0 Å². The maximum atomic E-state index is 12.8. The predicted molar refractivity (Wildman–Crippen MR) is 111 cm³/mol. The number of benzene rings is 3. The molecule has 0 amide bonds. The molecule has 0 aromatic heterocycles. The molecule has 3 nitrogen and oxygen atoms in total. The molecule has 0 aliphatic rings. The molecule has 3 aromatic carbocycles. The molecule has 0 spiro atoms. The van der Waals surface area contributed by atoms with Crippen molar-refractivity contribution in [2.45, 2.75) is 0 Å². The van der Waals surface area contributed by atoms with Gasteiger partial charge in [0.15, 0.2) is 5.78 Å². The van der Waals surface area contributed by atoms with Crippen molar-refractivity contribution in [3.05, 3.63) is 95.6 Å². The van der Waals surface area contributed by atoms with Crippen molar-refractivity contribution in [3.8, 4) is 17.2 Å². The normalized spacial score (nSPS) is 10.6. The molecule has 0 radical (unpaired) electrons. The molecule has 0 saturated carbocycles. The molecular weight excluding hydrogens is 332 g/mol. The third-order valence-corrected chi connectivity index (χ3v) is 4.35. The maximum absolute atomic E-state index is 12.8. The van der Waals surface area contributed by atoms with Crippen molar-refractivity contribution in [3.63, 3.8) is 0 Å². The van der Waals surface area contributed by atoms with Crippen LogP contribution in [0.2, 0.25) is 0 Å². The standard InChI is InChI=1S/C24H20N2O/c1-26(2)21-14-9-18(10-15-21)11-16-24(27)23-6-4-3-5-22(23)20-12-7-19(17-25)8-13-20/h3-16H,1-2H3. The Labute approximate surface area is 159 Å². The summed E-state index contributed by atoms with van der Waals surface area (Å²) < 4.78 is 0. The number of anilines is 1. The molecule has 3 rings (SSSR count). The summed E-state index contributed by atoms with van der Waals surface area (Å²) in [6, 6.07) is 24.9. The quantitative estimate of drug-likeness (QED) is 0.469. The zero-order chi connectivity index (χ0) is 19.2. The zero-order valence-electron chi connectivity index (χ0n) is 15.4. The molecular formula is C24H20N2O. The minimum absolute atomic E-state index is 0.0494. The Morgan fingerprint density at radius 3 is 2.22 bits per heavy atom. The van der Waals surface area contributed by atoms with Gasteiger partial charge in [-0.3, -0.25) is 4.79 Å². The van der Waals surface area contributed by atoms with Gasteiger partial charge in [0.25, 0.3) is 0 Å². The van der Waals surface area contributed by atoms with Crippen LogP contribution in [0.1, 0.15) is 21.5 Å². The van der Waals surface area contributed by atoms with Crippen LogP contribution in [0.25, 0.3) is 17.2 Å². The molecule has 0 aliphatic heterocycles. The van der Waals surface area contributed by atoms with E-state index in [1.165, 1.54) is 0 Å². The molecule has 0 fully saturated rings. The highest BCUT2D eigenvalue weighted by Crippen LogP contribution is 2.25. The van der Waals surface area contributed by atoms with Gasteiger partial charge in [-0.25, -0.2) is 0 Å². The Hall–Kier alpha value is -3.64. The van der Waals surface area contributed by atoms with E-state index < -0.39 is 0 Å². The van der Waals surface area contributed by atoms with E-state index in [0.717, 1.165) is 22.4 Å². The third-order valence-electron chi connectivity index (χ3n) is 4.35. The molecule has 27 heavy (non-hydrogen) atoms. The SMILES string of the molecule is CN(C)c1ccc(C=CC(=O)c2ccccc2-c2ccc(C#N)cc2)cc1. The fourth-order valence-corrected chi connectivity index (χ4v) is 2.82. The molecule has 0 atom stereocenters. The van der Waals surface area contributed by atoms with E-state index in [9.17, 15) is 4.79 Å². The van der Waals surface area contributed by atoms with Crippen LogP contribution in [-0.2, 0) is 0 Å². The Bertz CT molecular complexity index is 1010. The summed E-state index contributed by atoms with van der Waals surface area (Å²) in [5.41, 5.74) is 5.11. The van der Waals surface area contributed by atoms with Gasteiger partial charge >= 0.3 is 0 Å². The van der Waals surface area contributed by atoms with Crippen molar-refractivity contribution < 1.29 is 4.79 Å². The number of allylic oxidation sites excluding steroid dienone is 1. The lowest BCUT2D eigenvalue weighted by Gasteiger charge is -2.11. The molecule has 3 aromatic rings. The Balaban J connectivity index is 1.85. The highest BCUT2D eigenvalue weighted by Gasteiger charge is 2.10. The molecule has 0 N–H and O–H groups in total. The Morgan fingerprint density at radius 2 is 1.59 bits per heavy atom. The number of nitriles is 1. The minimum Gasteiger partial charge on any atom is -0.378 e. The van der Waals surface area contributed by atoms with Crippen LogP contribution in [0.5, 0.6) is 0 Å². The predicted octanol–water partition coefficient (Wildman–Crippen LogP) is 5.19. The lowest BCUT2D eigenvalue weighted by molar-refractivity contribution is 0.104. The van der Waals surface area contributed by atoms with Crippen LogP contribution < -0.4 is 4.90 Å². The zero-order valence-corrected chi connectivity index (χ0v) is 15.4. The number of nitrogens with zero attached hydrogens (tertiary/aromatic N) is 2. The summed E-state index contributed by atoms with van der Waals surface area (Å²) in [4.78, 5) is 14.8. The maximum Gasteiger partial charge on any atom is 0.186 e. The van der Waals surface area contributed by atoms with E-state index in [4.69, 9.17) is 5.26 Å². The number of rotatable bonds is 5. The Morgan fingerprint density at radius 1 is 0.926 bits per heavy atom. The number of hydrogen-bond acceptors (Lipinski definition) is 3. The largest absolute Gasteiger partial charge is 0.378 e. The van der Waals surface area contributed by atoms with Gasteiger partial charge < -0.3 is 4.90 Å². The first-order chi connectivity index (χ1) is 13.1. The number of ketones is 1. The fraction of sp³-hybridized carbons (Fsp3) is 0.0833. The summed E-state index contributed by atoms with van der Waals surface area (Å²) >= 11 is 0. The summed E-state index contributed by atoms with van der Waals surface area (Å²) in [5.74, 6) is -0.0494. The monoisotopic (exact) mass is 352 g/mol. The number of carbonyl (C=O) groups is 1. The van der Waals surface area contributed by atoms with Crippen molar-refractivity contribution in [2.75, 3.05) is 19.0 Å². The van der Waals surface area contributed by atoms with Crippen molar-refractivity contribution in [1.29, 1.82) is 5.26 Å². The van der Waals surface area contributed by atoms with E-state index in [-0.39, 0.29) is 5.78 Å². The molecule has 0 bridgehead atoms. The van der Waals surface area contributed by atoms with Crippen LogP contribution in [0.3, 0.4) is 0 Å². The van der Waals surface area contributed by atoms with Crippen molar-refractivity contribution in [2.24, 2.45) is 0 Å². The van der Waals surface area contributed by atoms with Gasteiger partial charge in [0.1, 0.15) is 0 Å². The summed E-state index contributed by atoms with van der Waals surface area (Å²) in [7, 11) is 3.99. The van der Waals surface area contributed by atoms with Gasteiger partial charge in [-0.1, -0.05) is 54.6 Å². The number of hydrogen-bond donors (Lipinski definition) is 0. The van der Waals surface area contributed by atoms with Gasteiger partial charge in [-0.05, 0) is 47.0 Å². The second kappa shape index (κ2) is 8.16. The fourth-order valence-electron chi connectivity index (χ4n) is 2.82. The number of carbonyl (C=O) groups excluding carboxylic acids is 1. The van der Waals surface area contributed by atoms with E-state index in [0.29, 0.717) is 11.1 Å². The van der Waals surface area contributed by atoms with Crippen LogP contribution in [0.15, 0.2) is 78.9 Å². The van der Waals surface area contributed by atoms with Gasteiger partial charge in [0.05, 0.1) is 11.6 Å². The summed E-state index contributed by atoms with van der Waals surface area (Å²) in [6.45, 7) is 0. The second-order valence-electron chi connectivity index (χ2n) is 6.42. The van der Waals surface area contributed by atoms with Gasteiger partial charge in [-0.15, -0.1) is 0 Å². The van der Waals surface area contributed by atoms with Crippen LogP contribution in [0.4, 0.5) is 5.69 Å². The first kappa shape index (κ1) is 18.2. The van der Waals surface area contributed by atoms with Crippen molar-refractivity contribution >= 4 is 17.5 Å². The van der Waals surface area contributed by atoms with Crippen LogP contribution in [0, 0.1) is 11.3 Å². The molecule has 132 valence electrons. The minimum atomic E-state index is -0.0494. The molecule has 3 heteroatoms. The van der Waals surface area contributed by atoms with Crippen LogP contribution in [-0.4, -0.2) is 19.9 Å².